The van der Waals surface area contributed by atoms with Crippen LogP contribution in [-0.4, -0.2) is 9.97 Å². The first-order valence-corrected chi connectivity index (χ1v) is 9.36. The van der Waals surface area contributed by atoms with Crippen LogP contribution in [0.25, 0.3) is 11.4 Å². The van der Waals surface area contributed by atoms with E-state index in [-0.39, 0.29) is 5.82 Å². The Morgan fingerprint density at radius 1 is 0.750 bits per heavy atom. The molecule has 0 saturated heterocycles. The van der Waals surface area contributed by atoms with E-state index in [0.717, 1.165) is 12.0 Å². The van der Waals surface area contributed by atoms with Gasteiger partial charge in [0.15, 0.2) is 5.82 Å². The van der Waals surface area contributed by atoms with Gasteiger partial charge in [-0.25, -0.2) is 14.4 Å². The van der Waals surface area contributed by atoms with Gasteiger partial charge in [-0.05, 0) is 42.7 Å². The van der Waals surface area contributed by atoms with Crippen LogP contribution in [0.4, 0.5) is 4.39 Å². The summed E-state index contributed by atoms with van der Waals surface area (Å²) < 4.78 is 12.9. The SMILES string of the molecule is CCCCCCCCCCCc1cnc(-c2ccc(F)cc2)nc1. The zero-order chi connectivity index (χ0) is 17.0. The Morgan fingerprint density at radius 3 is 1.88 bits per heavy atom. The third-order valence-corrected chi connectivity index (χ3v) is 4.38. The minimum absolute atomic E-state index is 0.235. The molecule has 0 radical (unpaired) electrons. The number of rotatable bonds is 11. The highest BCUT2D eigenvalue weighted by Gasteiger charge is 2.02. The first-order chi connectivity index (χ1) is 11.8. The van der Waals surface area contributed by atoms with E-state index in [1.807, 2.05) is 12.4 Å². The van der Waals surface area contributed by atoms with Gasteiger partial charge in [-0.2, -0.15) is 0 Å². The van der Waals surface area contributed by atoms with Gasteiger partial charge in [0.25, 0.3) is 0 Å². The molecule has 0 aliphatic rings. The molecule has 0 spiro atoms. The first-order valence-electron chi connectivity index (χ1n) is 9.36. The zero-order valence-electron chi connectivity index (χ0n) is 14.8. The monoisotopic (exact) mass is 328 g/mol. The Balaban J connectivity index is 1.63. The molecule has 24 heavy (non-hydrogen) atoms. The molecule has 0 unspecified atom stereocenters. The highest BCUT2D eigenvalue weighted by Crippen LogP contribution is 2.16. The lowest BCUT2D eigenvalue weighted by Crippen LogP contribution is -1.93. The number of nitrogens with zero attached hydrogens (tertiary/aromatic N) is 2. The summed E-state index contributed by atoms with van der Waals surface area (Å²) in [6, 6.07) is 6.30. The maximum atomic E-state index is 12.9. The quantitative estimate of drug-likeness (QED) is 0.449. The summed E-state index contributed by atoms with van der Waals surface area (Å²) in [6.45, 7) is 2.26. The van der Waals surface area contributed by atoms with Crippen LogP contribution in [0.1, 0.15) is 70.3 Å². The number of hydrogen-bond donors (Lipinski definition) is 0. The lowest BCUT2D eigenvalue weighted by molar-refractivity contribution is 0.564. The molecule has 1 heterocycles. The summed E-state index contributed by atoms with van der Waals surface area (Å²) in [5.74, 6) is 0.423. The van der Waals surface area contributed by atoms with Crippen LogP contribution in [0.15, 0.2) is 36.7 Å². The van der Waals surface area contributed by atoms with E-state index in [4.69, 9.17) is 0 Å². The minimum atomic E-state index is -0.235. The van der Waals surface area contributed by atoms with Gasteiger partial charge in [0, 0.05) is 18.0 Å². The molecule has 0 saturated carbocycles. The standard InChI is InChI=1S/C21H29FN2/c1-2-3-4-5-6-7-8-9-10-11-18-16-23-21(24-17-18)19-12-14-20(22)15-13-19/h12-17H,2-11H2,1H3. The van der Waals surface area contributed by atoms with Crippen molar-refractivity contribution in [3.05, 3.63) is 48.0 Å². The van der Waals surface area contributed by atoms with Crippen LogP contribution in [0, 0.1) is 5.82 Å². The molecule has 2 nitrogen and oxygen atoms in total. The van der Waals surface area contributed by atoms with E-state index in [1.165, 1.54) is 75.5 Å². The molecule has 0 amide bonds. The van der Waals surface area contributed by atoms with Gasteiger partial charge in [-0.15, -0.1) is 0 Å². The molecule has 0 bridgehead atoms. The summed E-state index contributed by atoms with van der Waals surface area (Å²) in [6.07, 6.45) is 16.9. The predicted octanol–water partition coefficient (Wildman–Crippen LogP) is 6.36. The molecule has 0 N–H and O–H groups in total. The average molecular weight is 328 g/mol. The Hall–Kier alpha value is -1.77. The average Bonchev–Trinajstić information content (AvgIpc) is 2.62. The molecule has 0 fully saturated rings. The molecule has 0 atom stereocenters. The number of unbranched alkanes of at least 4 members (excludes halogenated alkanes) is 8. The number of hydrogen-bond acceptors (Lipinski definition) is 2. The second-order valence-electron chi connectivity index (χ2n) is 6.50. The van der Waals surface area contributed by atoms with Crippen molar-refractivity contribution < 1.29 is 4.39 Å². The fourth-order valence-corrected chi connectivity index (χ4v) is 2.87. The van der Waals surface area contributed by atoms with Crippen molar-refractivity contribution in [2.45, 2.75) is 71.1 Å². The van der Waals surface area contributed by atoms with Gasteiger partial charge in [-0.3, -0.25) is 0 Å². The van der Waals surface area contributed by atoms with Crippen molar-refractivity contribution in [3.63, 3.8) is 0 Å². The second kappa shape index (κ2) is 10.9. The molecule has 0 aliphatic heterocycles. The molecular weight excluding hydrogens is 299 g/mol. The smallest absolute Gasteiger partial charge is 0.159 e. The van der Waals surface area contributed by atoms with Crippen LogP contribution in [0.5, 0.6) is 0 Å². The lowest BCUT2D eigenvalue weighted by atomic mass is 10.1. The maximum Gasteiger partial charge on any atom is 0.159 e. The van der Waals surface area contributed by atoms with Crippen molar-refractivity contribution in [2.75, 3.05) is 0 Å². The van der Waals surface area contributed by atoms with Gasteiger partial charge < -0.3 is 0 Å². The third kappa shape index (κ3) is 6.77. The highest BCUT2D eigenvalue weighted by molar-refractivity contribution is 5.54. The van der Waals surface area contributed by atoms with Crippen molar-refractivity contribution >= 4 is 0 Å². The molecule has 0 aliphatic carbocycles. The topological polar surface area (TPSA) is 25.8 Å². The molecule has 3 heteroatoms. The van der Waals surface area contributed by atoms with Gasteiger partial charge in [0.1, 0.15) is 5.82 Å². The Morgan fingerprint density at radius 2 is 1.29 bits per heavy atom. The number of benzene rings is 1. The van der Waals surface area contributed by atoms with Gasteiger partial charge >= 0.3 is 0 Å². The number of aryl methyl sites for hydroxylation is 1. The Labute approximate surface area is 145 Å². The van der Waals surface area contributed by atoms with Crippen LogP contribution < -0.4 is 0 Å². The molecule has 2 aromatic rings. The summed E-state index contributed by atoms with van der Waals surface area (Å²) in [5.41, 5.74) is 2.04. The lowest BCUT2D eigenvalue weighted by Gasteiger charge is -2.04. The van der Waals surface area contributed by atoms with E-state index in [0.29, 0.717) is 5.82 Å². The summed E-state index contributed by atoms with van der Waals surface area (Å²) in [7, 11) is 0. The zero-order valence-corrected chi connectivity index (χ0v) is 14.8. The molecule has 1 aromatic heterocycles. The largest absolute Gasteiger partial charge is 0.236 e. The minimum Gasteiger partial charge on any atom is -0.236 e. The normalized spacial score (nSPS) is 10.9. The van der Waals surface area contributed by atoms with Crippen molar-refractivity contribution in [1.82, 2.24) is 9.97 Å². The maximum absolute atomic E-state index is 12.9. The molecule has 1 aromatic carbocycles. The second-order valence-corrected chi connectivity index (χ2v) is 6.50. The summed E-state index contributed by atoms with van der Waals surface area (Å²) >= 11 is 0. The third-order valence-electron chi connectivity index (χ3n) is 4.38. The van der Waals surface area contributed by atoms with Gasteiger partial charge in [-0.1, -0.05) is 58.3 Å². The Kier molecular flexibility index (Phi) is 8.43. The van der Waals surface area contributed by atoms with Crippen molar-refractivity contribution in [3.8, 4) is 11.4 Å². The summed E-state index contributed by atoms with van der Waals surface area (Å²) in [4.78, 5) is 8.80. The van der Waals surface area contributed by atoms with Gasteiger partial charge in [0.05, 0.1) is 0 Å². The number of halogens is 1. The molecular formula is C21H29FN2. The molecule has 130 valence electrons. The Bertz CT molecular complexity index is 563. The van der Waals surface area contributed by atoms with Crippen LogP contribution in [0.2, 0.25) is 0 Å². The van der Waals surface area contributed by atoms with Crippen molar-refractivity contribution in [2.24, 2.45) is 0 Å². The van der Waals surface area contributed by atoms with E-state index in [9.17, 15) is 4.39 Å². The number of aromatic nitrogens is 2. The van der Waals surface area contributed by atoms with E-state index < -0.39 is 0 Å². The fourth-order valence-electron chi connectivity index (χ4n) is 2.87. The highest BCUT2D eigenvalue weighted by atomic mass is 19.1. The predicted molar refractivity (Wildman–Crippen MR) is 98.4 cm³/mol. The van der Waals surface area contributed by atoms with E-state index in [2.05, 4.69) is 16.9 Å². The summed E-state index contributed by atoms with van der Waals surface area (Å²) in [5, 5.41) is 0. The van der Waals surface area contributed by atoms with Crippen molar-refractivity contribution in [1.29, 1.82) is 0 Å². The van der Waals surface area contributed by atoms with Crippen LogP contribution >= 0.6 is 0 Å². The van der Waals surface area contributed by atoms with Gasteiger partial charge in [0.2, 0.25) is 0 Å². The first kappa shape index (κ1) is 18.6. The van der Waals surface area contributed by atoms with E-state index >= 15 is 0 Å². The van der Waals surface area contributed by atoms with E-state index in [1.54, 1.807) is 12.1 Å². The fraction of sp³-hybridized carbons (Fsp3) is 0.524. The van der Waals surface area contributed by atoms with Crippen LogP contribution in [0.3, 0.4) is 0 Å². The van der Waals surface area contributed by atoms with Crippen LogP contribution in [-0.2, 0) is 6.42 Å². The molecule has 2 rings (SSSR count).